The first kappa shape index (κ1) is 20.0. The van der Waals surface area contributed by atoms with Crippen LogP contribution in [0, 0.1) is 11.3 Å². The average molecular weight is 386 g/mol. The third-order valence-corrected chi connectivity index (χ3v) is 4.76. The summed E-state index contributed by atoms with van der Waals surface area (Å²) in [6, 6.07) is 23.0. The van der Waals surface area contributed by atoms with Crippen molar-refractivity contribution in [2.24, 2.45) is 0 Å². The highest BCUT2D eigenvalue weighted by Crippen LogP contribution is 2.31. The van der Waals surface area contributed by atoms with Crippen molar-refractivity contribution in [1.29, 1.82) is 5.26 Å². The second kappa shape index (κ2) is 8.94. The molecule has 5 nitrogen and oxygen atoms in total. The minimum atomic E-state index is -0.616. The second-order valence-corrected chi connectivity index (χ2v) is 6.56. The number of benzene rings is 3. The summed E-state index contributed by atoms with van der Waals surface area (Å²) in [6.07, 6.45) is 0. The van der Waals surface area contributed by atoms with Crippen LogP contribution < -0.4 is 9.64 Å². The molecule has 5 heteroatoms. The summed E-state index contributed by atoms with van der Waals surface area (Å²) >= 11 is 0. The van der Waals surface area contributed by atoms with E-state index in [-0.39, 0.29) is 12.1 Å². The number of esters is 1. The molecule has 0 aliphatic carbocycles. The minimum Gasteiger partial charge on any atom is -0.497 e. The van der Waals surface area contributed by atoms with E-state index in [0.717, 1.165) is 22.0 Å². The number of rotatable bonds is 7. The van der Waals surface area contributed by atoms with E-state index in [1.807, 2.05) is 71.6 Å². The van der Waals surface area contributed by atoms with Crippen LogP contribution in [0.25, 0.3) is 10.8 Å². The van der Waals surface area contributed by atoms with Crippen LogP contribution in [0.1, 0.15) is 11.6 Å². The molecule has 0 fully saturated rings. The Balaban J connectivity index is 2.04. The Morgan fingerprint density at radius 2 is 1.76 bits per heavy atom. The highest BCUT2D eigenvalue weighted by atomic mass is 16.5. The van der Waals surface area contributed by atoms with E-state index in [4.69, 9.17) is 9.47 Å². The molecule has 146 valence electrons. The number of methoxy groups -OCH3 is 2. The molecule has 3 rings (SSSR count). The zero-order valence-corrected chi connectivity index (χ0v) is 16.5. The van der Waals surface area contributed by atoms with Crippen LogP contribution in [0.15, 0.2) is 78.9 Å². The normalized spacial score (nSPS) is 11.3. The van der Waals surface area contributed by atoms with Gasteiger partial charge in [0.25, 0.3) is 0 Å². The molecule has 1 unspecified atom stereocenters. The highest BCUT2D eigenvalue weighted by molar-refractivity contribution is 5.89. The summed E-state index contributed by atoms with van der Waals surface area (Å²) in [4.78, 5) is 13.8. The fourth-order valence-electron chi connectivity index (χ4n) is 3.22. The van der Waals surface area contributed by atoms with Gasteiger partial charge in [-0.2, -0.15) is 5.26 Å². The largest absolute Gasteiger partial charge is 0.497 e. The fourth-order valence-corrected chi connectivity index (χ4v) is 3.22. The van der Waals surface area contributed by atoms with Crippen molar-refractivity contribution in [2.75, 3.05) is 25.7 Å². The van der Waals surface area contributed by atoms with Crippen LogP contribution in [0.5, 0.6) is 5.75 Å². The van der Waals surface area contributed by atoms with Gasteiger partial charge in [0.1, 0.15) is 11.8 Å². The summed E-state index contributed by atoms with van der Waals surface area (Å²) in [6.45, 7) is 3.99. The Morgan fingerprint density at radius 1 is 1.07 bits per heavy atom. The van der Waals surface area contributed by atoms with Gasteiger partial charge in [-0.25, -0.2) is 4.79 Å². The van der Waals surface area contributed by atoms with Crippen LogP contribution in [0.4, 0.5) is 5.69 Å². The summed E-state index contributed by atoms with van der Waals surface area (Å²) < 4.78 is 10.0. The molecule has 0 aliphatic heterocycles. The molecule has 0 radical (unpaired) electrons. The average Bonchev–Trinajstić information content (AvgIpc) is 2.78. The van der Waals surface area contributed by atoms with Crippen LogP contribution in [-0.2, 0) is 9.53 Å². The predicted molar refractivity (Wildman–Crippen MR) is 114 cm³/mol. The van der Waals surface area contributed by atoms with Crippen molar-refractivity contribution in [3.8, 4) is 11.8 Å². The van der Waals surface area contributed by atoms with Gasteiger partial charge in [-0.05, 0) is 46.7 Å². The first-order chi connectivity index (χ1) is 14.1. The summed E-state index contributed by atoms with van der Waals surface area (Å²) in [5, 5.41) is 12.2. The third kappa shape index (κ3) is 4.39. The molecule has 1 atom stereocenters. The Bertz CT molecular complexity index is 1070. The number of hydrogen-bond donors (Lipinski definition) is 0. The van der Waals surface area contributed by atoms with E-state index in [2.05, 4.69) is 12.6 Å². The predicted octanol–water partition coefficient (Wildman–Crippen LogP) is 4.65. The lowest BCUT2D eigenvalue weighted by atomic mass is 10.0. The molecule has 0 aromatic heterocycles. The Labute approximate surface area is 170 Å². The number of carbonyl (C=O) groups excluding carboxylic acids is 1. The molecule has 0 heterocycles. The van der Waals surface area contributed by atoms with Gasteiger partial charge in [0.2, 0.25) is 0 Å². The Hall–Kier alpha value is -3.78. The first-order valence-electron chi connectivity index (χ1n) is 9.12. The van der Waals surface area contributed by atoms with Crippen LogP contribution in [0.2, 0.25) is 0 Å². The second-order valence-electron chi connectivity index (χ2n) is 6.56. The topological polar surface area (TPSA) is 62.6 Å². The maximum absolute atomic E-state index is 11.9. The number of nitrogens with zero attached hydrogens (tertiary/aromatic N) is 2. The molecular weight excluding hydrogens is 364 g/mol. The number of nitriles is 1. The number of anilines is 1. The maximum Gasteiger partial charge on any atom is 0.334 e. The molecule has 0 saturated carbocycles. The molecule has 0 spiro atoms. The van der Waals surface area contributed by atoms with Crippen LogP contribution >= 0.6 is 0 Å². The zero-order valence-electron chi connectivity index (χ0n) is 16.5. The van der Waals surface area contributed by atoms with Crippen molar-refractivity contribution in [3.63, 3.8) is 0 Å². The Morgan fingerprint density at radius 3 is 2.38 bits per heavy atom. The molecular formula is C24H22N2O3. The van der Waals surface area contributed by atoms with Gasteiger partial charge in [-0.3, -0.25) is 0 Å². The van der Waals surface area contributed by atoms with Gasteiger partial charge >= 0.3 is 5.97 Å². The fraction of sp³-hybridized carbons (Fsp3) is 0.167. The van der Waals surface area contributed by atoms with Gasteiger partial charge in [0.05, 0.1) is 26.8 Å². The maximum atomic E-state index is 11.9. The van der Waals surface area contributed by atoms with Crippen molar-refractivity contribution in [1.82, 2.24) is 0 Å². The lowest BCUT2D eigenvalue weighted by molar-refractivity contribution is -0.136. The zero-order chi connectivity index (χ0) is 20.8. The lowest BCUT2D eigenvalue weighted by Gasteiger charge is -2.30. The molecule has 3 aromatic carbocycles. The number of hydrogen-bond acceptors (Lipinski definition) is 5. The van der Waals surface area contributed by atoms with E-state index >= 15 is 0 Å². The highest BCUT2D eigenvalue weighted by Gasteiger charge is 2.24. The monoisotopic (exact) mass is 386 g/mol. The van der Waals surface area contributed by atoms with Gasteiger partial charge < -0.3 is 14.4 Å². The molecule has 0 bridgehead atoms. The third-order valence-electron chi connectivity index (χ3n) is 4.76. The summed E-state index contributed by atoms with van der Waals surface area (Å²) in [5.41, 5.74) is 1.87. The minimum absolute atomic E-state index is 0.157. The van der Waals surface area contributed by atoms with E-state index in [0.29, 0.717) is 5.75 Å². The van der Waals surface area contributed by atoms with E-state index < -0.39 is 12.0 Å². The van der Waals surface area contributed by atoms with Crippen molar-refractivity contribution in [3.05, 3.63) is 84.4 Å². The van der Waals surface area contributed by atoms with Crippen LogP contribution in [0.3, 0.4) is 0 Å². The van der Waals surface area contributed by atoms with Gasteiger partial charge in [-0.1, -0.05) is 43.0 Å². The van der Waals surface area contributed by atoms with E-state index in [1.165, 1.54) is 7.11 Å². The molecule has 0 amide bonds. The van der Waals surface area contributed by atoms with E-state index in [9.17, 15) is 10.1 Å². The molecule has 0 aliphatic rings. The molecule has 0 N–H and O–H groups in total. The van der Waals surface area contributed by atoms with Gasteiger partial charge in [0, 0.05) is 11.3 Å². The standard InChI is InChI=1S/C24H22N2O3/c1-17(24(27)29-3)16-26(21-10-12-22(28-2)13-11-21)23(15-25)20-9-8-18-6-4-5-7-19(18)14-20/h4-14,23H,1,16H2,2-3H3. The molecule has 29 heavy (non-hydrogen) atoms. The van der Waals surface area contributed by atoms with Gasteiger partial charge in [0.15, 0.2) is 0 Å². The first-order valence-corrected chi connectivity index (χ1v) is 9.12. The quantitative estimate of drug-likeness (QED) is 0.437. The van der Waals surface area contributed by atoms with Crippen molar-refractivity contribution >= 4 is 22.4 Å². The van der Waals surface area contributed by atoms with Crippen molar-refractivity contribution in [2.45, 2.75) is 6.04 Å². The smallest absolute Gasteiger partial charge is 0.334 e. The summed E-state index contributed by atoms with van der Waals surface area (Å²) in [5.74, 6) is 0.207. The van der Waals surface area contributed by atoms with E-state index in [1.54, 1.807) is 7.11 Å². The van der Waals surface area contributed by atoms with Crippen LogP contribution in [-0.4, -0.2) is 26.7 Å². The number of ether oxygens (including phenoxy) is 2. The molecule has 0 saturated heterocycles. The Kier molecular flexibility index (Phi) is 6.16. The van der Waals surface area contributed by atoms with Gasteiger partial charge in [-0.15, -0.1) is 0 Å². The van der Waals surface area contributed by atoms with Crippen molar-refractivity contribution < 1.29 is 14.3 Å². The summed E-state index contributed by atoms with van der Waals surface area (Å²) in [7, 11) is 2.91. The lowest BCUT2D eigenvalue weighted by Crippen LogP contribution is -2.31. The number of carbonyl (C=O) groups is 1. The SMILES string of the molecule is C=C(CN(c1ccc(OC)cc1)C(C#N)c1ccc2ccccc2c1)C(=O)OC. The molecule has 3 aromatic rings. The number of fused-ring (bicyclic) bond motifs is 1.